The van der Waals surface area contributed by atoms with Crippen LogP contribution in [0.5, 0.6) is 5.75 Å². The minimum atomic E-state index is -0.810. The third-order valence-electron chi connectivity index (χ3n) is 3.72. The van der Waals surface area contributed by atoms with Crippen molar-refractivity contribution in [2.45, 2.75) is 33.6 Å². The van der Waals surface area contributed by atoms with E-state index < -0.39 is 11.4 Å². The first-order chi connectivity index (χ1) is 10.3. The first kappa shape index (κ1) is 16.1. The monoisotopic (exact) mass is 304 g/mol. The molecule has 2 rings (SSSR count). The number of hydrogen-bond donors (Lipinski definition) is 1. The number of aryl methyl sites for hydroxylation is 1. The van der Waals surface area contributed by atoms with Crippen molar-refractivity contribution in [3.63, 3.8) is 0 Å². The number of hydrogen-bond acceptors (Lipinski definition) is 4. The highest BCUT2D eigenvalue weighted by atomic mass is 16.5. The first-order valence-electron chi connectivity index (χ1n) is 7.20. The second-order valence-electron chi connectivity index (χ2n) is 6.05. The van der Waals surface area contributed by atoms with Crippen LogP contribution in [0.4, 0.5) is 0 Å². The molecule has 0 radical (unpaired) electrons. The molecular weight excluding hydrogens is 284 g/mol. The Morgan fingerprint density at radius 2 is 2.05 bits per heavy atom. The molecule has 5 nitrogen and oxygen atoms in total. The normalized spacial score (nSPS) is 11.6. The first-order valence-corrected chi connectivity index (χ1v) is 7.20. The Hall–Kier alpha value is -2.30. The standard InChI is InChI=1S/C17H20O5/c1-11-9-15(18)22-14-10-12(5-6-13(11)14)21-8-4-7-17(2,3)16(19)20/h5-6,9-10H,4,7-8H2,1-3H3,(H,19,20). The summed E-state index contributed by atoms with van der Waals surface area (Å²) < 4.78 is 10.8. The van der Waals surface area contributed by atoms with Gasteiger partial charge in [0.05, 0.1) is 12.0 Å². The van der Waals surface area contributed by atoms with E-state index in [0.29, 0.717) is 30.8 Å². The maximum atomic E-state index is 11.4. The Morgan fingerprint density at radius 1 is 1.32 bits per heavy atom. The summed E-state index contributed by atoms with van der Waals surface area (Å²) in [4.78, 5) is 22.4. The van der Waals surface area contributed by atoms with Crippen molar-refractivity contribution in [2.24, 2.45) is 5.41 Å². The average Bonchev–Trinajstić information content (AvgIpc) is 2.42. The van der Waals surface area contributed by atoms with Crippen molar-refractivity contribution in [3.05, 3.63) is 40.2 Å². The summed E-state index contributed by atoms with van der Waals surface area (Å²) in [6, 6.07) is 6.81. The quantitative estimate of drug-likeness (QED) is 0.654. The fraction of sp³-hybridized carbons (Fsp3) is 0.412. The van der Waals surface area contributed by atoms with Gasteiger partial charge >= 0.3 is 11.6 Å². The molecule has 0 aliphatic rings. The van der Waals surface area contributed by atoms with Gasteiger partial charge in [0.15, 0.2) is 0 Å². The minimum absolute atomic E-state index is 0.384. The second kappa shape index (κ2) is 6.22. The molecule has 0 spiro atoms. The molecule has 0 aliphatic heterocycles. The van der Waals surface area contributed by atoms with Crippen LogP contribution in [0.3, 0.4) is 0 Å². The topological polar surface area (TPSA) is 76.7 Å². The van der Waals surface area contributed by atoms with Crippen molar-refractivity contribution in [1.29, 1.82) is 0 Å². The van der Waals surface area contributed by atoms with Gasteiger partial charge in [-0.05, 0) is 51.3 Å². The fourth-order valence-electron chi connectivity index (χ4n) is 2.21. The summed E-state index contributed by atoms with van der Waals surface area (Å²) in [6.45, 7) is 5.66. The van der Waals surface area contributed by atoms with Crippen molar-refractivity contribution >= 4 is 16.9 Å². The Bertz CT molecular complexity index is 742. The van der Waals surface area contributed by atoms with E-state index in [4.69, 9.17) is 14.3 Å². The van der Waals surface area contributed by atoms with Crippen LogP contribution in [-0.2, 0) is 4.79 Å². The Morgan fingerprint density at radius 3 is 2.73 bits per heavy atom. The molecule has 0 atom stereocenters. The molecule has 118 valence electrons. The highest BCUT2D eigenvalue weighted by Gasteiger charge is 2.26. The van der Waals surface area contributed by atoms with Gasteiger partial charge in [0.25, 0.3) is 0 Å². The van der Waals surface area contributed by atoms with E-state index in [-0.39, 0.29) is 5.63 Å². The van der Waals surface area contributed by atoms with E-state index in [1.807, 2.05) is 19.1 Å². The van der Waals surface area contributed by atoms with E-state index in [2.05, 4.69) is 0 Å². The van der Waals surface area contributed by atoms with Gasteiger partial charge < -0.3 is 14.3 Å². The summed E-state index contributed by atoms with van der Waals surface area (Å²) in [5, 5.41) is 9.92. The maximum Gasteiger partial charge on any atom is 0.336 e. The van der Waals surface area contributed by atoms with Gasteiger partial charge in [0, 0.05) is 17.5 Å². The molecule has 1 heterocycles. The molecule has 0 bridgehead atoms. The minimum Gasteiger partial charge on any atom is -0.493 e. The zero-order valence-corrected chi connectivity index (χ0v) is 13.0. The lowest BCUT2D eigenvalue weighted by atomic mass is 9.88. The number of ether oxygens (including phenoxy) is 1. The Balaban J connectivity index is 2.01. The molecule has 1 aromatic carbocycles. The second-order valence-corrected chi connectivity index (χ2v) is 6.05. The van der Waals surface area contributed by atoms with Gasteiger partial charge in [-0.15, -0.1) is 0 Å². The highest BCUT2D eigenvalue weighted by Crippen LogP contribution is 2.24. The molecule has 0 saturated carbocycles. The van der Waals surface area contributed by atoms with Crippen LogP contribution < -0.4 is 10.4 Å². The lowest BCUT2D eigenvalue weighted by molar-refractivity contribution is -0.147. The van der Waals surface area contributed by atoms with Crippen LogP contribution >= 0.6 is 0 Å². The van der Waals surface area contributed by atoms with Crippen LogP contribution in [0.25, 0.3) is 11.0 Å². The summed E-state index contributed by atoms with van der Waals surface area (Å²) in [6.07, 6.45) is 1.17. The lowest BCUT2D eigenvalue weighted by Gasteiger charge is -2.18. The lowest BCUT2D eigenvalue weighted by Crippen LogP contribution is -2.24. The smallest absolute Gasteiger partial charge is 0.336 e. The SMILES string of the molecule is Cc1cc(=O)oc2cc(OCCCC(C)(C)C(=O)O)ccc12. The highest BCUT2D eigenvalue weighted by molar-refractivity contribution is 5.81. The molecule has 0 fully saturated rings. The third-order valence-corrected chi connectivity index (χ3v) is 3.72. The zero-order valence-electron chi connectivity index (χ0n) is 13.0. The summed E-state index contributed by atoms with van der Waals surface area (Å²) in [5.74, 6) is -0.204. The number of fused-ring (bicyclic) bond motifs is 1. The number of aliphatic carboxylic acids is 1. The van der Waals surface area contributed by atoms with Crippen molar-refractivity contribution in [2.75, 3.05) is 6.61 Å². The number of carboxylic acid groups (broad SMARTS) is 1. The molecule has 2 aromatic rings. The van der Waals surface area contributed by atoms with Crippen LogP contribution in [0.2, 0.25) is 0 Å². The van der Waals surface area contributed by atoms with Crippen molar-refractivity contribution in [1.82, 2.24) is 0 Å². The van der Waals surface area contributed by atoms with Gasteiger partial charge in [0.1, 0.15) is 11.3 Å². The van der Waals surface area contributed by atoms with Gasteiger partial charge in [0.2, 0.25) is 0 Å². The van der Waals surface area contributed by atoms with Gasteiger partial charge in [-0.2, -0.15) is 0 Å². The number of benzene rings is 1. The third kappa shape index (κ3) is 3.67. The predicted octanol–water partition coefficient (Wildman–Crippen LogP) is 3.37. The van der Waals surface area contributed by atoms with E-state index in [1.54, 1.807) is 19.9 Å². The Labute approximate surface area is 128 Å². The summed E-state index contributed by atoms with van der Waals surface area (Å²) >= 11 is 0. The maximum absolute atomic E-state index is 11.4. The summed E-state index contributed by atoms with van der Waals surface area (Å²) in [5.41, 5.74) is 0.219. The van der Waals surface area contributed by atoms with Crippen molar-refractivity contribution < 1.29 is 19.1 Å². The number of rotatable bonds is 6. The molecule has 0 aliphatic carbocycles. The summed E-state index contributed by atoms with van der Waals surface area (Å²) in [7, 11) is 0. The van der Waals surface area contributed by atoms with E-state index in [9.17, 15) is 9.59 Å². The van der Waals surface area contributed by atoms with Crippen LogP contribution in [-0.4, -0.2) is 17.7 Å². The molecule has 0 saturated heterocycles. The molecule has 5 heteroatoms. The molecular formula is C17H20O5. The Kier molecular flexibility index (Phi) is 4.54. The predicted molar refractivity (Wildman–Crippen MR) is 83.4 cm³/mol. The van der Waals surface area contributed by atoms with Crippen molar-refractivity contribution in [3.8, 4) is 5.75 Å². The van der Waals surface area contributed by atoms with E-state index >= 15 is 0 Å². The van der Waals surface area contributed by atoms with Gasteiger partial charge in [-0.25, -0.2) is 4.79 Å². The number of carbonyl (C=O) groups is 1. The van der Waals surface area contributed by atoms with E-state index in [0.717, 1.165) is 10.9 Å². The van der Waals surface area contributed by atoms with Crippen LogP contribution in [0.15, 0.2) is 33.5 Å². The number of carboxylic acids is 1. The van der Waals surface area contributed by atoms with Gasteiger partial charge in [-0.3, -0.25) is 4.79 Å². The zero-order chi connectivity index (χ0) is 16.3. The van der Waals surface area contributed by atoms with Crippen LogP contribution in [0.1, 0.15) is 32.3 Å². The largest absolute Gasteiger partial charge is 0.493 e. The van der Waals surface area contributed by atoms with E-state index in [1.165, 1.54) is 6.07 Å². The average molecular weight is 304 g/mol. The molecule has 22 heavy (non-hydrogen) atoms. The molecule has 1 aromatic heterocycles. The molecule has 0 amide bonds. The molecule has 1 N–H and O–H groups in total. The molecule has 0 unspecified atom stereocenters. The fourth-order valence-corrected chi connectivity index (χ4v) is 2.21. The van der Waals surface area contributed by atoms with Crippen LogP contribution in [0, 0.1) is 12.3 Å². The van der Waals surface area contributed by atoms with Gasteiger partial charge in [-0.1, -0.05) is 0 Å².